The third-order valence-corrected chi connectivity index (χ3v) is 3.28. The van der Waals surface area contributed by atoms with Crippen molar-refractivity contribution in [2.24, 2.45) is 4.99 Å². The molecule has 0 spiro atoms. The van der Waals surface area contributed by atoms with Crippen LogP contribution in [0, 0.1) is 0 Å². The third-order valence-electron chi connectivity index (χ3n) is 3.28. The van der Waals surface area contributed by atoms with Crippen LogP contribution in [0.2, 0.25) is 0 Å². The highest BCUT2D eigenvalue weighted by atomic mass is 35.5. The van der Waals surface area contributed by atoms with Crippen molar-refractivity contribution in [1.82, 2.24) is 4.90 Å². The highest BCUT2D eigenvalue weighted by molar-refractivity contribution is 5.99. The monoisotopic (exact) mass is 288 g/mol. The standard InChI is InChI=1S/C14H20N2.2ClH/c1-13(16-11-7-4-8-12-16)14-9-5-2-3-6-10-15-14;;/h2-3,5-6,9-10,13H,4,7-8,11-12H2,1H3;2*1H. The summed E-state index contributed by atoms with van der Waals surface area (Å²) in [6, 6.07) is 0.438. The molecule has 1 fully saturated rings. The Kier molecular flexibility index (Phi) is 9.08. The molecule has 1 unspecified atom stereocenters. The van der Waals surface area contributed by atoms with Crippen molar-refractivity contribution >= 4 is 30.5 Å². The molecular weight excluding hydrogens is 267 g/mol. The molecule has 2 heterocycles. The zero-order valence-corrected chi connectivity index (χ0v) is 12.4. The summed E-state index contributed by atoms with van der Waals surface area (Å²) in [6.45, 7) is 4.69. The summed E-state index contributed by atoms with van der Waals surface area (Å²) in [4.78, 5) is 7.05. The normalized spacial score (nSPS) is 21.1. The SMILES string of the molecule is CC(C1=NC=CC=CC=C1)N1CCCCC1.Cl.Cl. The summed E-state index contributed by atoms with van der Waals surface area (Å²) >= 11 is 0. The van der Waals surface area contributed by atoms with E-state index in [1.807, 2.05) is 24.4 Å². The first kappa shape index (κ1) is 17.4. The van der Waals surface area contributed by atoms with E-state index in [0.29, 0.717) is 6.04 Å². The Balaban J connectivity index is 0.00000144. The second-order valence-electron chi connectivity index (χ2n) is 4.41. The Bertz CT molecular complexity index is 340. The van der Waals surface area contributed by atoms with Crippen molar-refractivity contribution in [3.63, 3.8) is 0 Å². The van der Waals surface area contributed by atoms with Crippen LogP contribution in [-0.4, -0.2) is 29.7 Å². The number of halogens is 2. The molecular formula is C14H22Cl2N2. The van der Waals surface area contributed by atoms with Gasteiger partial charge in [0.25, 0.3) is 0 Å². The van der Waals surface area contributed by atoms with Gasteiger partial charge in [-0.05, 0) is 45.0 Å². The molecule has 18 heavy (non-hydrogen) atoms. The predicted molar refractivity (Wildman–Crippen MR) is 84.2 cm³/mol. The number of likely N-dealkylation sites (tertiary alicyclic amines) is 1. The van der Waals surface area contributed by atoms with Crippen molar-refractivity contribution in [2.45, 2.75) is 32.2 Å². The van der Waals surface area contributed by atoms with Crippen LogP contribution in [0.15, 0.2) is 41.6 Å². The van der Waals surface area contributed by atoms with E-state index < -0.39 is 0 Å². The number of rotatable bonds is 2. The van der Waals surface area contributed by atoms with Gasteiger partial charge in [0.1, 0.15) is 0 Å². The minimum absolute atomic E-state index is 0. The number of aliphatic imine (C=N–C) groups is 1. The lowest BCUT2D eigenvalue weighted by Gasteiger charge is -2.32. The number of hydrogen-bond acceptors (Lipinski definition) is 2. The number of nitrogens with zero attached hydrogens (tertiary/aromatic N) is 2. The maximum Gasteiger partial charge on any atom is 0.0572 e. The Hall–Kier alpha value is -0.570. The summed E-state index contributed by atoms with van der Waals surface area (Å²) in [7, 11) is 0. The molecule has 102 valence electrons. The Morgan fingerprint density at radius 3 is 2.39 bits per heavy atom. The average Bonchev–Trinajstić information content (AvgIpc) is 2.29. The molecule has 0 aliphatic carbocycles. The molecule has 0 aromatic carbocycles. The molecule has 2 rings (SSSR count). The summed E-state index contributed by atoms with van der Waals surface area (Å²) in [5.41, 5.74) is 1.17. The minimum atomic E-state index is 0. The molecule has 2 nitrogen and oxygen atoms in total. The van der Waals surface area contributed by atoms with E-state index in [9.17, 15) is 0 Å². The van der Waals surface area contributed by atoms with Crippen LogP contribution >= 0.6 is 24.8 Å². The van der Waals surface area contributed by atoms with E-state index in [1.54, 1.807) is 0 Å². The van der Waals surface area contributed by atoms with Crippen LogP contribution in [-0.2, 0) is 0 Å². The fourth-order valence-electron chi connectivity index (χ4n) is 2.24. The van der Waals surface area contributed by atoms with Crippen LogP contribution in [0.25, 0.3) is 0 Å². The van der Waals surface area contributed by atoms with Gasteiger partial charge in [-0.1, -0.05) is 24.6 Å². The smallest absolute Gasteiger partial charge is 0.0572 e. The minimum Gasteiger partial charge on any atom is -0.295 e. The lowest BCUT2D eigenvalue weighted by Crippen LogP contribution is -2.41. The fraction of sp³-hybridized carbons (Fsp3) is 0.500. The lowest BCUT2D eigenvalue weighted by atomic mass is 10.1. The van der Waals surface area contributed by atoms with Gasteiger partial charge in [-0.2, -0.15) is 0 Å². The average molecular weight is 289 g/mol. The van der Waals surface area contributed by atoms with Crippen LogP contribution in [0.4, 0.5) is 0 Å². The van der Waals surface area contributed by atoms with Gasteiger partial charge in [-0.15, -0.1) is 24.8 Å². The quantitative estimate of drug-likeness (QED) is 0.755. The van der Waals surface area contributed by atoms with E-state index in [2.05, 4.69) is 29.0 Å². The van der Waals surface area contributed by atoms with Gasteiger partial charge in [0.05, 0.1) is 5.71 Å². The zero-order valence-electron chi connectivity index (χ0n) is 10.8. The van der Waals surface area contributed by atoms with Gasteiger partial charge in [-0.25, -0.2) is 0 Å². The van der Waals surface area contributed by atoms with E-state index in [1.165, 1.54) is 38.1 Å². The number of piperidine rings is 1. The van der Waals surface area contributed by atoms with E-state index in [4.69, 9.17) is 0 Å². The fourth-order valence-corrected chi connectivity index (χ4v) is 2.24. The Morgan fingerprint density at radius 1 is 1.00 bits per heavy atom. The molecule has 2 aliphatic rings. The molecule has 2 aliphatic heterocycles. The van der Waals surface area contributed by atoms with Gasteiger partial charge in [-0.3, -0.25) is 9.89 Å². The second-order valence-corrected chi connectivity index (χ2v) is 4.41. The van der Waals surface area contributed by atoms with Crippen molar-refractivity contribution in [2.75, 3.05) is 13.1 Å². The van der Waals surface area contributed by atoms with Gasteiger partial charge >= 0.3 is 0 Å². The van der Waals surface area contributed by atoms with Crippen molar-refractivity contribution in [1.29, 1.82) is 0 Å². The first-order chi connectivity index (χ1) is 7.88. The predicted octanol–water partition coefficient (Wildman–Crippen LogP) is 3.79. The highest BCUT2D eigenvalue weighted by Gasteiger charge is 2.19. The molecule has 0 amide bonds. The molecule has 0 radical (unpaired) electrons. The molecule has 0 saturated carbocycles. The lowest BCUT2D eigenvalue weighted by molar-refractivity contribution is 0.211. The molecule has 1 saturated heterocycles. The van der Waals surface area contributed by atoms with Crippen molar-refractivity contribution in [3.05, 3.63) is 36.6 Å². The number of hydrogen-bond donors (Lipinski definition) is 0. The maximum absolute atomic E-state index is 4.51. The van der Waals surface area contributed by atoms with Gasteiger partial charge in [0, 0.05) is 12.2 Å². The molecule has 1 atom stereocenters. The molecule has 0 N–H and O–H groups in total. The van der Waals surface area contributed by atoms with Gasteiger partial charge in [0.15, 0.2) is 0 Å². The van der Waals surface area contributed by atoms with Crippen molar-refractivity contribution < 1.29 is 0 Å². The summed E-state index contributed by atoms with van der Waals surface area (Å²) in [6.07, 6.45) is 16.2. The van der Waals surface area contributed by atoms with Crippen LogP contribution in [0.1, 0.15) is 26.2 Å². The summed E-state index contributed by atoms with van der Waals surface area (Å²) < 4.78 is 0. The molecule has 0 aromatic rings. The van der Waals surface area contributed by atoms with E-state index >= 15 is 0 Å². The van der Waals surface area contributed by atoms with E-state index in [0.717, 1.165) is 0 Å². The summed E-state index contributed by atoms with van der Waals surface area (Å²) in [5, 5.41) is 0. The highest BCUT2D eigenvalue weighted by Crippen LogP contribution is 2.14. The molecule has 4 heteroatoms. The van der Waals surface area contributed by atoms with Crippen LogP contribution in [0.3, 0.4) is 0 Å². The van der Waals surface area contributed by atoms with E-state index in [-0.39, 0.29) is 24.8 Å². The largest absolute Gasteiger partial charge is 0.295 e. The first-order valence-electron chi connectivity index (χ1n) is 6.19. The van der Waals surface area contributed by atoms with Gasteiger partial charge in [0.2, 0.25) is 0 Å². The zero-order chi connectivity index (χ0) is 11.2. The number of allylic oxidation sites excluding steroid dienone is 4. The third kappa shape index (κ3) is 4.97. The Labute approximate surface area is 122 Å². The molecule has 0 bridgehead atoms. The van der Waals surface area contributed by atoms with Crippen LogP contribution in [0.5, 0.6) is 0 Å². The second kappa shape index (κ2) is 9.37. The molecule has 0 aromatic heterocycles. The summed E-state index contributed by atoms with van der Waals surface area (Å²) in [5.74, 6) is 0. The van der Waals surface area contributed by atoms with Crippen molar-refractivity contribution in [3.8, 4) is 0 Å². The first-order valence-corrected chi connectivity index (χ1v) is 6.19. The topological polar surface area (TPSA) is 15.6 Å². The maximum atomic E-state index is 4.51. The van der Waals surface area contributed by atoms with Crippen LogP contribution < -0.4 is 0 Å². The Morgan fingerprint density at radius 2 is 1.67 bits per heavy atom. The van der Waals surface area contributed by atoms with Gasteiger partial charge < -0.3 is 0 Å².